The van der Waals surface area contributed by atoms with Crippen molar-refractivity contribution < 1.29 is 27.4 Å². The van der Waals surface area contributed by atoms with Crippen molar-refractivity contribution in [3.8, 4) is 0 Å². The highest BCUT2D eigenvalue weighted by atomic mass is 32.2. The smallest absolute Gasteiger partial charge is 0.241 e. The van der Waals surface area contributed by atoms with Crippen LogP contribution in [0.3, 0.4) is 0 Å². The fraction of sp³-hybridized carbons (Fsp3) is 0.650. The van der Waals surface area contributed by atoms with Crippen molar-refractivity contribution in [3.63, 3.8) is 0 Å². The number of carbonyl (C=O) groups excluding carboxylic acids is 1. The van der Waals surface area contributed by atoms with Gasteiger partial charge in [-0.15, -0.1) is 0 Å². The zero-order valence-corrected chi connectivity index (χ0v) is 17.2. The molecule has 0 unspecified atom stereocenters. The molecule has 9 heteroatoms. The van der Waals surface area contributed by atoms with Crippen LogP contribution in [-0.2, 0) is 19.6 Å². The number of ether oxygens (including phenoxy) is 1. The lowest BCUT2D eigenvalue weighted by Gasteiger charge is -2.36. The molecule has 3 atom stereocenters. The number of hydrogen-bond donors (Lipinski definition) is 3. The van der Waals surface area contributed by atoms with Gasteiger partial charge >= 0.3 is 0 Å². The number of halogens is 1. The normalized spacial score (nSPS) is 25.8. The van der Waals surface area contributed by atoms with Crippen molar-refractivity contribution in [1.82, 2.24) is 10.0 Å². The summed E-state index contributed by atoms with van der Waals surface area (Å²) in [7, 11) is -3.92. The quantitative estimate of drug-likeness (QED) is 0.585. The van der Waals surface area contributed by atoms with Crippen LogP contribution in [-0.4, -0.2) is 50.8 Å². The van der Waals surface area contributed by atoms with Gasteiger partial charge in [-0.1, -0.05) is 18.9 Å². The molecule has 0 bridgehead atoms. The van der Waals surface area contributed by atoms with Gasteiger partial charge in [0.05, 0.1) is 29.8 Å². The van der Waals surface area contributed by atoms with E-state index in [0.717, 1.165) is 31.7 Å². The van der Waals surface area contributed by atoms with Crippen molar-refractivity contribution in [2.75, 3.05) is 13.2 Å². The Bertz CT molecular complexity index is 798. The van der Waals surface area contributed by atoms with E-state index in [-0.39, 0.29) is 29.4 Å². The molecule has 1 aliphatic carbocycles. The summed E-state index contributed by atoms with van der Waals surface area (Å²) in [5, 5.41) is 12.6. The van der Waals surface area contributed by atoms with E-state index in [1.165, 1.54) is 18.2 Å². The first-order valence-electron chi connectivity index (χ1n) is 10.2. The van der Waals surface area contributed by atoms with Crippen LogP contribution < -0.4 is 10.0 Å². The van der Waals surface area contributed by atoms with E-state index >= 15 is 0 Å². The second-order valence-corrected chi connectivity index (χ2v) is 9.52. The van der Waals surface area contributed by atoms with Crippen molar-refractivity contribution in [3.05, 3.63) is 30.1 Å². The molecule has 1 aliphatic heterocycles. The summed E-state index contributed by atoms with van der Waals surface area (Å²) >= 11 is 0. The molecular weight excluding hydrogens is 399 g/mol. The zero-order chi connectivity index (χ0) is 20.9. The van der Waals surface area contributed by atoms with Gasteiger partial charge in [-0.05, 0) is 50.3 Å². The lowest BCUT2D eigenvalue weighted by molar-refractivity contribution is -0.125. The molecule has 0 aromatic heterocycles. The lowest BCUT2D eigenvalue weighted by Crippen LogP contribution is -2.51. The fourth-order valence-electron chi connectivity index (χ4n) is 4.07. The van der Waals surface area contributed by atoms with Gasteiger partial charge in [0.2, 0.25) is 15.9 Å². The van der Waals surface area contributed by atoms with Gasteiger partial charge in [-0.2, -0.15) is 0 Å². The zero-order valence-electron chi connectivity index (χ0n) is 16.3. The van der Waals surface area contributed by atoms with E-state index in [9.17, 15) is 22.7 Å². The predicted molar refractivity (Wildman–Crippen MR) is 105 cm³/mol. The van der Waals surface area contributed by atoms with Crippen LogP contribution in [0.5, 0.6) is 0 Å². The van der Waals surface area contributed by atoms with E-state index in [2.05, 4.69) is 10.0 Å². The Morgan fingerprint density at radius 1 is 1.21 bits per heavy atom. The van der Waals surface area contributed by atoms with Crippen molar-refractivity contribution in [2.45, 2.75) is 68.1 Å². The maximum atomic E-state index is 13.4. The summed E-state index contributed by atoms with van der Waals surface area (Å²) < 4.78 is 46.8. The van der Waals surface area contributed by atoms with Crippen molar-refractivity contribution in [1.29, 1.82) is 0 Å². The lowest BCUT2D eigenvalue weighted by atomic mass is 9.98. The van der Waals surface area contributed by atoms with Crippen LogP contribution in [0.1, 0.15) is 44.9 Å². The van der Waals surface area contributed by atoms with Crippen molar-refractivity contribution >= 4 is 15.9 Å². The molecule has 0 radical (unpaired) electrons. The SMILES string of the molecule is O=C(NCC[C@H]1CC[C@H](NS(=O)(=O)c2cccc(F)c2)[C@H](CO)O1)C1CCCC1. The Kier molecular flexibility index (Phi) is 7.61. The molecule has 0 spiro atoms. The van der Waals surface area contributed by atoms with E-state index in [1.807, 2.05) is 0 Å². The van der Waals surface area contributed by atoms with Gasteiger partial charge in [-0.25, -0.2) is 17.5 Å². The molecule has 3 rings (SSSR count). The molecule has 29 heavy (non-hydrogen) atoms. The second-order valence-electron chi connectivity index (χ2n) is 7.80. The third-order valence-corrected chi connectivity index (χ3v) is 7.19. The number of carbonyl (C=O) groups is 1. The van der Waals surface area contributed by atoms with Crippen LogP contribution in [0.25, 0.3) is 0 Å². The molecule has 7 nitrogen and oxygen atoms in total. The van der Waals surface area contributed by atoms with Gasteiger partial charge in [0.15, 0.2) is 0 Å². The number of nitrogens with one attached hydrogen (secondary N) is 2. The average Bonchev–Trinajstić information content (AvgIpc) is 3.23. The van der Waals surface area contributed by atoms with Gasteiger partial charge in [-0.3, -0.25) is 4.79 Å². The third-order valence-electron chi connectivity index (χ3n) is 5.70. The molecule has 3 N–H and O–H groups in total. The highest BCUT2D eigenvalue weighted by Crippen LogP contribution is 2.25. The Labute approximate surface area is 171 Å². The highest BCUT2D eigenvalue weighted by molar-refractivity contribution is 7.89. The van der Waals surface area contributed by atoms with Crippen LogP contribution in [0.2, 0.25) is 0 Å². The molecule has 2 fully saturated rings. The molecule has 1 aromatic rings. The first-order valence-corrected chi connectivity index (χ1v) is 11.7. The number of benzene rings is 1. The monoisotopic (exact) mass is 428 g/mol. The number of hydrogen-bond acceptors (Lipinski definition) is 5. The molecular formula is C20H29FN2O5S. The molecule has 1 saturated heterocycles. The standard InChI is InChI=1S/C20H29FN2O5S/c21-15-6-3-7-17(12-15)29(26,27)23-18-9-8-16(28-19(18)13-24)10-11-22-20(25)14-4-1-2-5-14/h3,6-7,12,14,16,18-19,23-24H,1-2,4-5,8-11,13H2,(H,22,25)/t16-,18+,19+/m1/s1. The largest absolute Gasteiger partial charge is 0.394 e. The number of aliphatic hydroxyl groups is 1. The van der Waals surface area contributed by atoms with Gasteiger partial charge in [0.1, 0.15) is 5.82 Å². The minimum absolute atomic E-state index is 0.0951. The Morgan fingerprint density at radius 2 is 1.97 bits per heavy atom. The minimum atomic E-state index is -3.92. The Hall–Kier alpha value is -1.55. The summed E-state index contributed by atoms with van der Waals surface area (Å²) in [4.78, 5) is 11.9. The van der Waals surface area contributed by atoms with Crippen LogP contribution >= 0.6 is 0 Å². The average molecular weight is 429 g/mol. The Morgan fingerprint density at radius 3 is 2.66 bits per heavy atom. The number of aliphatic hydroxyl groups excluding tert-OH is 1. The number of sulfonamides is 1. The third kappa shape index (κ3) is 5.97. The van der Waals surface area contributed by atoms with Crippen LogP contribution in [0.4, 0.5) is 4.39 Å². The van der Waals surface area contributed by atoms with Gasteiger partial charge in [0.25, 0.3) is 0 Å². The fourth-order valence-corrected chi connectivity index (χ4v) is 5.40. The number of amides is 1. The molecule has 1 heterocycles. The molecule has 162 valence electrons. The van der Waals surface area contributed by atoms with E-state index < -0.39 is 28.0 Å². The maximum Gasteiger partial charge on any atom is 0.241 e. The summed E-state index contributed by atoms with van der Waals surface area (Å²) in [6, 6.07) is 4.18. The second kappa shape index (κ2) is 9.97. The topological polar surface area (TPSA) is 105 Å². The minimum Gasteiger partial charge on any atom is -0.394 e. The first-order chi connectivity index (χ1) is 13.9. The van der Waals surface area contributed by atoms with E-state index in [0.29, 0.717) is 25.8 Å². The van der Waals surface area contributed by atoms with E-state index in [1.54, 1.807) is 0 Å². The summed E-state index contributed by atoms with van der Waals surface area (Å²) in [5.74, 6) is -0.419. The molecule has 1 amide bonds. The van der Waals surface area contributed by atoms with E-state index in [4.69, 9.17) is 4.74 Å². The first kappa shape index (κ1) is 22.1. The Balaban J connectivity index is 1.49. The molecule has 1 saturated carbocycles. The van der Waals surface area contributed by atoms with Crippen LogP contribution in [0, 0.1) is 11.7 Å². The summed E-state index contributed by atoms with van der Waals surface area (Å²) in [6.45, 7) is 0.166. The highest BCUT2D eigenvalue weighted by Gasteiger charge is 2.34. The summed E-state index contributed by atoms with van der Waals surface area (Å²) in [5.41, 5.74) is 0. The predicted octanol–water partition coefficient (Wildman–Crippen LogP) is 1.71. The van der Waals surface area contributed by atoms with Gasteiger partial charge < -0.3 is 15.2 Å². The summed E-state index contributed by atoms with van der Waals surface area (Å²) in [6.07, 6.45) is 4.96. The maximum absolute atomic E-state index is 13.4. The van der Waals surface area contributed by atoms with Gasteiger partial charge in [0, 0.05) is 12.5 Å². The van der Waals surface area contributed by atoms with Crippen molar-refractivity contribution in [2.24, 2.45) is 5.92 Å². The number of rotatable bonds is 8. The molecule has 2 aliphatic rings. The van der Waals surface area contributed by atoms with Crippen LogP contribution in [0.15, 0.2) is 29.2 Å². The molecule has 1 aromatic carbocycles.